The smallest absolute Gasteiger partial charge is 0.369 e. The number of nitrogens with zero attached hydrogens (tertiary/aromatic N) is 3. The van der Waals surface area contributed by atoms with Crippen molar-refractivity contribution in [1.82, 2.24) is 19.5 Å². The minimum absolute atomic E-state index is 0.333. The van der Waals surface area contributed by atoms with E-state index in [1.807, 2.05) is 5.92 Å². The van der Waals surface area contributed by atoms with Gasteiger partial charge in [0.15, 0.2) is 22.9 Å². The zero-order valence-electron chi connectivity index (χ0n) is 16.2. The molecule has 5 atom stereocenters. The number of nitrogens with two attached hydrogens (primary N) is 1. The summed E-state index contributed by atoms with van der Waals surface area (Å²) < 4.78 is 80.9. The number of nitrogen functional groups attached to an aromatic ring is 1. The molecule has 1 aliphatic rings. The number of H-pyrrole nitrogens is 1. The average molecular weight is 551 g/mol. The van der Waals surface area contributed by atoms with E-state index in [9.17, 15) is 23.4 Å². The molecule has 188 valence electrons. The number of nitrogens with one attached hydrogen (secondary N) is 1. The lowest BCUT2D eigenvalue weighted by atomic mass is 9.93. The topological polar surface area (TPSA) is 259 Å². The molecule has 0 aromatic carbocycles. The molecule has 3 heterocycles. The number of phosphoric acid groups is 3. The summed E-state index contributed by atoms with van der Waals surface area (Å²) in [6.07, 6.45) is 3.37. The number of anilines is 1. The first-order valence-corrected chi connectivity index (χ1v) is 12.9. The Balaban J connectivity index is 1.86. The Labute approximate surface area is 186 Å². The first kappa shape index (κ1) is 26.5. The molecule has 0 radical (unpaired) electrons. The lowest BCUT2D eigenvalue weighted by molar-refractivity contribution is -0.161. The van der Waals surface area contributed by atoms with Crippen molar-refractivity contribution in [2.75, 3.05) is 18.9 Å². The van der Waals surface area contributed by atoms with Crippen LogP contribution in [0.1, 0.15) is 0 Å². The number of hydrogen-bond acceptors (Lipinski definition) is 11. The van der Waals surface area contributed by atoms with Gasteiger partial charge in [-0.15, -0.1) is 6.42 Å². The molecule has 0 bridgehead atoms. The number of imidazole rings is 1. The van der Waals surface area contributed by atoms with Crippen molar-refractivity contribution in [3.8, 4) is 12.3 Å². The van der Waals surface area contributed by atoms with Crippen molar-refractivity contribution >= 4 is 40.6 Å². The summed E-state index contributed by atoms with van der Waals surface area (Å²) >= 11 is 0. The summed E-state index contributed by atoms with van der Waals surface area (Å²) in [5.41, 5.74) is 1.59. The van der Waals surface area contributed by atoms with Crippen molar-refractivity contribution in [3.63, 3.8) is 0 Å². The van der Waals surface area contributed by atoms with Gasteiger partial charge in [0.05, 0.1) is 12.9 Å². The van der Waals surface area contributed by atoms with Gasteiger partial charge in [-0.05, 0) is 0 Å². The Morgan fingerprint density at radius 1 is 1.32 bits per heavy atom. The highest BCUT2D eigenvalue weighted by atomic mass is 31.3. The van der Waals surface area contributed by atoms with Crippen LogP contribution in [-0.4, -0.2) is 64.3 Å². The second-order valence-electron chi connectivity index (χ2n) is 6.61. The quantitative estimate of drug-likeness (QED) is 0.177. The van der Waals surface area contributed by atoms with Crippen LogP contribution >= 0.6 is 23.5 Å². The van der Waals surface area contributed by atoms with Crippen molar-refractivity contribution in [2.24, 2.45) is 0 Å². The van der Waals surface area contributed by atoms with E-state index >= 15 is 8.78 Å². The van der Waals surface area contributed by atoms with E-state index in [0.29, 0.717) is 0 Å². The van der Waals surface area contributed by atoms with Crippen LogP contribution in [0.5, 0.6) is 0 Å². The molecule has 17 nitrogen and oxygen atoms in total. The van der Waals surface area contributed by atoms with Gasteiger partial charge in [0.25, 0.3) is 11.4 Å². The van der Waals surface area contributed by atoms with Gasteiger partial charge in [-0.3, -0.25) is 18.9 Å². The number of aromatic amines is 1. The van der Waals surface area contributed by atoms with Gasteiger partial charge in [-0.1, -0.05) is 5.92 Å². The Bertz CT molecular complexity index is 1370. The molecule has 7 N–H and O–H groups in total. The van der Waals surface area contributed by atoms with Crippen molar-refractivity contribution in [1.29, 1.82) is 0 Å². The monoisotopic (exact) mass is 551 g/mol. The molecule has 2 aromatic rings. The van der Waals surface area contributed by atoms with Crippen LogP contribution in [0, 0.1) is 12.3 Å². The fraction of sp³-hybridized carbons (Fsp3) is 0.417. The van der Waals surface area contributed by atoms with E-state index < -0.39 is 65.8 Å². The maximum absolute atomic E-state index is 15.4. The van der Waals surface area contributed by atoms with Crippen LogP contribution in [-0.2, 0) is 37.1 Å². The fourth-order valence-electron chi connectivity index (χ4n) is 2.92. The molecule has 3 rings (SSSR count). The zero-order valence-corrected chi connectivity index (χ0v) is 18.9. The number of hydrogen-bond donors (Lipinski definition) is 6. The Morgan fingerprint density at radius 3 is 2.56 bits per heavy atom. The van der Waals surface area contributed by atoms with Crippen LogP contribution in [0.4, 0.5) is 14.7 Å². The van der Waals surface area contributed by atoms with Crippen molar-refractivity contribution in [2.45, 2.75) is 17.6 Å². The normalized spacial score (nSPS) is 28.9. The number of aromatic nitrogens is 4. The molecule has 2 aromatic heterocycles. The standard InChI is InChI=1S/C12H14F2N5O12P3/c1-2-11(19-5-16-6-7(19)17-10(15)18-8(6)20)3-28-12(14,9(11)13)4-29-33(24,25)31-34(26,27)30-32(21,22)23/h1,5,9H,3-4H2,(H,24,25)(H,26,27)(H2,21,22,23)(H3,15,17,18,20). The maximum Gasteiger partial charge on any atom is 0.490 e. The van der Waals surface area contributed by atoms with Gasteiger partial charge in [0.2, 0.25) is 5.95 Å². The summed E-state index contributed by atoms with van der Waals surface area (Å²) in [7, 11) is -17.4. The lowest BCUT2D eigenvalue weighted by Gasteiger charge is -2.29. The minimum atomic E-state index is -5.90. The van der Waals surface area contributed by atoms with Gasteiger partial charge in [0.1, 0.15) is 6.61 Å². The average Bonchev–Trinajstić information content (AvgIpc) is 3.19. The predicted octanol–water partition coefficient (Wildman–Crippen LogP) is -0.592. The number of alkyl halides is 2. The first-order valence-electron chi connectivity index (χ1n) is 8.40. The number of rotatable bonds is 8. The maximum atomic E-state index is 15.4. The molecule has 34 heavy (non-hydrogen) atoms. The summed E-state index contributed by atoms with van der Waals surface area (Å²) in [6, 6.07) is 0. The molecular formula is C12H14F2N5O12P3. The third kappa shape index (κ3) is 5.13. The molecule has 0 aliphatic carbocycles. The van der Waals surface area contributed by atoms with E-state index in [4.69, 9.17) is 31.6 Å². The number of terminal acetylenes is 1. The summed E-state index contributed by atoms with van der Waals surface area (Å²) in [5.74, 6) is -2.03. The Hall–Kier alpha value is -2.06. The van der Waals surface area contributed by atoms with Crippen LogP contribution in [0.25, 0.3) is 11.2 Å². The zero-order chi connectivity index (χ0) is 25.7. The van der Waals surface area contributed by atoms with Crippen LogP contribution < -0.4 is 11.3 Å². The minimum Gasteiger partial charge on any atom is -0.369 e. The molecular weight excluding hydrogens is 537 g/mol. The highest BCUT2D eigenvalue weighted by Crippen LogP contribution is 2.66. The highest BCUT2D eigenvalue weighted by molar-refractivity contribution is 7.66. The van der Waals surface area contributed by atoms with E-state index in [-0.39, 0.29) is 11.2 Å². The SMILES string of the molecule is C#CC1(n2cnc3c(=O)[nH]c(N)nc32)COC(F)(COP(=O)(O)OP(=O)(O)OP(=O)(O)O)C1F. The van der Waals surface area contributed by atoms with Gasteiger partial charge < -0.3 is 30.0 Å². The van der Waals surface area contributed by atoms with E-state index in [2.05, 4.69) is 28.1 Å². The second kappa shape index (κ2) is 8.55. The lowest BCUT2D eigenvalue weighted by Crippen LogP contribution is -2.48. The van der Waals surface area contributed by atoms with Crippen LogP contribution in [0.15, 0.2) is 11.1 Å². The molecule has 1 fully saturated rings. The number of ether oxygens (including phenoxy) is 1. The summed E-state index contributed by atoms with van der Waals surface area (Å²) in [5, 5.41) is 0. The summed E-state index contributed by atoms with van der Waals surface area (Å²) in [4.78, 5) is 57.1. The first-order chi connectivity index (χ1) is 15.4. The fourth-order valence-corrected chi connectivity index (χ4v) is 5.95. The van der Waals surface area contributed by atoms with Crippen molar-refractivity contribution in [3.05, 3.63) is 16.7 Å². The highest BCUT2D eigenvalue weighted by Gasteiger charge is 2.63. The van der Waals surface area contributed by atoms with E-state index in [1.54, 1.807) is 0 Å². The van der Waals surface area contributed by atoms with Crippen molar-refractivity contribution < 1.29 is 59.9 Å². The molecule has 1 aliphatic heterocycles. The molecule has 0 saturated carbocycles. The van der Waals surface area contributed by atoms with Gasteiger partial charge in [-0.25, -0.2) is 27.5 Å². The summed E-state index contributed by atoms with van der Waals surface area (Å²) in [6.45, 7) is -2.72. The second-order valence-corrected chi connectivity index (χ2v) is 11.0. The Morgan fingerprint density at radius 2 is 1.97 bits per heavy atom. The predicted molar refractivity (Wildman–Crippen MR) is 104 cm³/mol. The van der Waals surface area contributed by atoms with Crippen LogP contribution in [0.2, 0.25) is 0 Å². The van der Waals surface area contributed by atoms with Crippen LogP contribution in [0.3, 0.4) is 0 Å². The molecule has 22 heteroatoms. The number of halogens is 2. The third-order valence-electron chi connectivity index (χ3n) is 4.28. The molecule has 1 saturated heterocycles. The number of fused-ring (bicyclic) bond motifs is 1. The Kier molecular flexibility index (Phi) is 6.68. The molecule has 5 unspecified atom stereocenters. The largest absolute Gasteiger partial charge is 0.490 e. The number of phosphoric ester groups is 1. The molecule has 0 amide bonds. The van der Waals surface area contributed by atoms with E-state index in [0.717, 1.165) is 10.9 Å². The van der Waals surface area contributed by atoms with Gasteiger partial charge in [0, 0.05) is 0 Å². The molecule has 0 spiro atoms. The van der Waals surface area contributed by atoms with E-state index in [1.165, 1.54) is 0 Å². The third-order valence-corrected chi connectivity index (χ3v) is 8.06. The van der Waals surface area contributed by atoms with Gasteiger partial charge in [-0.2, -0.15) is 13.6 Å². The van der Waals surface area contributed by atoms with Gasteiger partial charge >= 0.3 is 23.5 Å².